The first kappa shape index (κ1) is 22.1. The minimum atomic E-state index is -3.46. The van der Waals surface area contributed by atoms with Crippen LogP contribution in [0, 0.1) is 0 Å². The fourth-order valence-corrected chi connectivity index (χ4v) is 1.96. The van der Waals surface area contributed by atoms with Crippen LogP contribution in [0.1, 0.15) is 19.1 Å². The molecule has 1 rings (SSSR count). The second kappa shape index (κ2) is 12.6. The Balaban J connectivity index is 0.00000484. The number of nitrogens with zero attached hydrogens (tertiary/aromatic N) is 1. The summed E-state index contributed by atoms with van der Waals surface area (Å²) < 4.78 is 32.3. The highest BCUT2D eigenvalue weighted by atomic mass is 127. The zero-order valence-electron chi connectivity index (χ0n) is 13.2. The molecule has 0 saturated carbocycles. The van der Waals surface area contributed by atoms with Gasteiger partial charge in [0.2, 0.25) is 10.0 Å². The van der Waals surface area contributed by atoms with Gasteiger partial charge in [-0.2, -0.15) is 0 Å². The Morgan fingerprint density at radius 1 is 1.43 bits per heavy atom. The van der Waals surface area contributed by atoms with Crippen molar-refractivity contribution in [2.45, 2.75) is 20.0 Å². The zero-order valence-corrected chi connectivity index (χ0v) is 16.3. The van der Waals surface area contributed by atoms with E-state index in [1.165, 1.54) is 0 Å². The summed E-state index contributed by atoms with van der Waals surface area (Å²) in [4.78, 5) is 4.32. The van der Waals surface area contributed by atoms with Crippen LogP contribution >= 0.6 is 24.0 Å². The van der Waals surface area contributed by atoms with Crippen molar-refractivity contribution in [3.05, 3.63) is 24.2 Å². The molecule has 1 aromatic heterocycles. The van der Waals surface area contributed by atoms with Crippen LogP contribution in [0.3, 0.4) is 0 Å². The average molecular weight is 460 g/mol. The number of nitrogens with one attached hydrogen (secondary N) is 2. The molecule has 1 heterocycles. The molecule has 0 radical (unpaired) electrons. The molecule has 0 spiro atoms. The Labute approximate surface area is 154 Å². The number of furan rings is 1. The van der Waals surface area contributed by atoms with Gasteiger partial charge in [-0.25, -0.2) is 13.6 Å². The van der Waals surface area contributed by atoms with E-state index in [2.05, 4.69) is 15.6 Å². The van der Waals surface area contributed by atoms with Crippen LogP contribution in [0.2, 0.25) is 0 Å². The summed E-state index contributed by atoms with van der Waals surface area (Å²) in [7, 11) is -3.46. The molecule has 8 nitrogen and oxygen atoms in total. The van der Waals surface area contributed by atoms with E-state index in [4.69, 9.17) is 14.3 Å². The van der Waals surface area contributed by atoms with Crippen LogP contribution in [-0.4, -0.2) is 46.4 Å². The predicted octanol–water partition coefficient (Wildman–Crippen LogP) is 0.648. The summed E-state index contributed by atoms with van der Waals surface area (Å²) >= 11 is 0. The molecule has 0 atom stereocenters. The summed E-state index contributed by atoms with van der Waals surface area (Å²) in [5, 5.41) is 10.9. The number of hydrogen-bond acceptors (Lipinski definition) is 5. The molecule has 0 amide bonds. The molecule has 1 aromatic rings. The minimum absolute atomic E-state index is 0. The van der Waals surface area contributed by atoms with Gasteiger partial charge in [0.15, 0.2) is 5.96 Å². The monoisotopic (exact) mass is 460 g/mol. The van der Waals surface area contributed by atoms with Gasteiger partial charge < -0.3 is 19.8 Å². The maximum absolute atomic E-state index is 10.9. The lowest BCUT2D eigenvalue weighted by Crippen LogP contribution is -2.40. The van der Waals surface area contributed by atoms with E-state index in [9.17, 15) is 8.42 Å². The van der Waals surface area contributed by atoms with Crippen molar-refractivity contribution < 1.29 is 17.6 Å². The molecule has 0 fully saturated rings. The number of primary sulfonamides is 1. The number of rotatable bonds is 10. The lowest BCUT2D eigenvalue weighted by Gasteiger charge is -2.10. The molecule has 0 aliphatic rings. The summed E-state index contributed by atoms with van der Waals surface area (Å²) in [6.07, 6.45) is 2.37. The highest BCUT2D eigenvalue weighted by molar-refractivity contribution is 14.0. The first-order valence-corrected chi connectivity index (χ1v) is 8.85. The molecular weight excluding hydrogens is 435 g/mol. The van der Waals surface area contributed by atoms with Crippen LogP contribution in [0.5, 0.6) is 0 Å². The summed E-state index contributed by atoms with van der Waals surface area (Å²) in [5.41, 5.74) is 0. The number of aliphatic imine (C=N–C) groups is 1. The maximum atomic E-state index is 10.9. The van der Waals surface area contributed by atoms with Gasteiger partial charge >= 0.3 is 0 Å². The van der Waals surface area contributed by atoms with Gasteiger partial charge in [-0.05, 0) is 25.5 Å². The molecule has 0 unspecified atom stereocenters. The van der Waals surface area contributed by atoms with Crippen molar-refractivity contribution >= 4 is 40.0 Å². The van der Waals surface area contributed by atoms with Gasteiger partial charge in [0, 0.05) is 26.2 Å². The number of nitrogens with two attached hydrogens (primary N) is 1. The molecule has 4 N–H and O–H groups in total. The van der Waals surface area contributed by atoms with E-state index in [0.717, 1.165) is 12.2 Å². The highest BCUT2D eigenvalue weighted by Crippen LogP contribution is 2.01. The van der Waals surface area contributed by atoms with Crippen LogP contribution < -0.4 is 15.8 Å². The number of ether oxygens (including phenoxy) is 1. The first-order chi connectivity index (χ1) is 10.5. The largest absolute Gasteiger partial charge is 0.467 e. The molecule has 23 heavy (non-hydrogen) atoms. The van der Waals surface area contributed by atoms with Crippen LogP contribution in [-0.2, 0) is 21.4 Å². The van der Waals surface area contributed by atoms with Crippen LogP contribution in [0.25, 0.3) is 0 Å². The minimum Gasteiger partial charge on any atom is -0.467 e. The lowest BCUT2D eigenvalue weighted by atomic mass is 10.4. The highest BCUT2D eigenvalue weighted by Gasteiger charge is 2.03. The Hall–Kier alpha value is -0.850. The lowest BCUT2D eigenvalue weighted by molar-refractivity contribution is 0.105. The van der Waals surface area contributed by atoms with Crippen molar-refractivity contribution in [3.63, 3.8) is 0 Å². The van der Waals surface area contributed by atoms with E-state index in [1.54, 1.807) is 6.26 Å². The van der Waals surface area contributed by atoms with Gasteiger partial charge in [0.1, 0.15) is 12.4 Å². The fourth-order valence-electron chi connectivity index (χ4n) is 1.58. The molecule has 134 valence electrons. The number of sulfonamides is 1. The summed E-state index contributed by atoms with van der Waals surface area (Å²) in [6.45, 7) is 4.44. The zero-order chi connectivity index (χ0) is 16.3. The maximum Gasteiger partial charge on any atom is 0.210 e. The average Bonchev–Trinajstić information content (AvgIpc) is 2.94. The third-order valence-corrected chi connectivity index (χ3v) is 3.34. The number of halogens is 1. The van der Waals surface area contributed by atoms with Crippen molar-refractivity contribution in [2.24, 2.45) is 10.1 Å². The SMILES string of the molecule is CCNC(=NCCCOCc1ccco1)NCCS(N)(=O)=O.I. The number of guanidine groups is 1. The van der Waals surface area contributed by atoms with Gasteiger partial charge in [-0.3, -0.25) is 4.99 Å². The third kappa shape index (κ3) is 12.3. The van der Waals surface area contributed by atoms with Gasteiger partial charge in [0.25, 0.3) is 0 Å². The van der Waals surface area contributed by atoms with Gasteiger partial charge in [0.05, 0.1) is 12.0 Å². The molecule has 0 aliphatic heterocycles. The molecule has 10 heteroatoms. The Bertz CT molecular complexity index is 534. The van der Waals surface area contributed by atoms with Gasteiger partial charge in [-0.15, -0.1) is 24.0 Å². The fraction of sp³-hybridized carbons (Fsp3) is 0.615. The van der Waals surface area contributed by atoms with E-state index < -0.39 is 10.0 Å². The topological polar surface area (TPSA) is 119 Å². The van der Waals surface area contributed by atoms with Crippen molar-refractivity contribution in [3.8, 4) is 0 Å². The number of hydrogen-bond donors (Lipinski definition) is 3. The first-order valence-electron chi connectivity index (χ1n) is 7.14. The quantitative estimate of drug-likeness (QED) is 0.204. The molecule has 0 bridgehead atoms. The van der Waals surface area contributed by atoms with Crippen molar-refractivity contribution in [1.29, 1.82) is 0 Å². The second-order valence-corrected chi connectivity index (χ2v) is 6.27. The van der Waals surface area contributed by atoms with Crippen molar-refractivity contribution in [1.82, 2.24) is 10.6 Å². The Kier molecular flexibility index (Phi) is 12.1. The molecule has 0 aliphatic carbocycles. The smallest absolute Gasteiger partial charge is 0.210 e. The van der Waals surface area contributed by atoms with E-state index in [-0.39, 0.29) is 36.3 Å². The van der Waals surface area contributed by atoms with Gasteiger partial charge in [-0.1, -0.05) is 0 Å². The Morgan fingerprint density at radius 3 is 2.83 bits per heavy atom. The van der Waals surface area contributed by atoms with Crippen LogP contribution in [0.4, 0.5) is 0 Å². The second-order valence-electron chi connectivity index (χ2n) is 4.54. The predicted molar refractivity (Wildman–Crippen MR) is 100 cm³/mol. The molecule has 0 aromatic carbocycles. The summed E-state index contributed by atoms with van der Waals surface area (Å²) in [6, 6.07) is 3.68. The normalized spacial score (nSPS) is 11.8. The molecular formula is C13H25IN4O4S. The van der Waals surface area contributed by atoms with Crippen LogP contribution in [0.15, 0.2) is 27.8 Å². The van der Waals surface area contributed by atoms with E-state index in [1.807, 2.05) is 19.1 Å². The summed E-state index contributed by atoms with van der Waals surface area (Å²) in [5.74, 6) is 1.22. The standard InChI is InChI=1S/C13H24N4O4S.HI/c1-2-15-13(17-7-10-22(14,18)19)16-6-4-8-20-11-12-5-3-9-21-12;/h3,5,9H,2,4,6-8,10-11H2,1H3,(H2,14,18,19)(H2,15,16,17);1H. The molecule has 0 saturated heterocycles. The van der Waals surface area contributed by atoms with E-state index >= 15 is 0 Å². The van der Waals surface area contributed by atoms with E-state index in [0.29, 0.717) is 32.3 Å². The third-order valence-electron chi connectivity index (χ3n) is 2.56. The Morgan fingerprint density at radius 2 is 2.22 bits per heavy atom. The van der Waals surface area contributed by atoms with Crippen molar-refractivity contribution in [2.75, 3.05) is 32.0 Å².